The van der Waals surface area contributed by atoms with E-state index in [-0.39, 0.29) is 26.0 Å². The second kappa shape index (κ2) is 11.7. The molecule has 0 spiro atoms. The molecule has 0 radical (unpaired) electrons. The minimum atomic E-state index is -2.29. The quantitative estimate of drug-likeness (QED) is 0.365. The smallest absolute Gasteiger partial charge is 0.408 e. The number of hydrogen-bond donors (Lipinski definition) is 3. The molecule has 34 heavy (non-hydrogen) atoms. The van der Waals surface area contributed by atoms with Crippen LogP contribution in [0.2, 0.25) is 0 Å². The van der Waals surface area contributed by atoms with E-state index in [1.54, 1.807) is 65.8 Å². The van der Waals surface area contributed by atoms with Gasteiger partial charge in [-0.2, -0.15) is 0 Å². The first kappa shape index (κ1) is 28.7. The molecule has 3 amide bonds. The highest BCUT2D eigenvalue weighted by Gasteiger charge is 2.50. The Morgan fingerprint density at radius 1 is 0.971 bits per heavy atom. The van der Waals surface area contributed by atoms with Crippen molar-refractivity contribution in [2.24, 2.45) is 0 Å². The number of nitrogens with one attached hydrogen (secondary N) is 2. The van der Waals surface area contributed by atoms with Crippen molar-refractivity contribution < 1.29 is 33.8 Å². The molecule has 10 heteroatoms. The second-order valence-corrected chi connectivity index (χ2v) is 9.96. The molecule has 0 saturated heterocycles. The maximum Gasteiger partial charge on any atom is 0.408 e. The van der Waals surface area contributed by atoms with Gasteiger partial charge in [0.05, 0.1) is 0 Å². The molecule has 1 aromatic rings. The normalized spacial score (nSPS) is 13.3. The number of aliphatic carboxylic acids is 1. The van der Waals surface area contributed by atoms with Gasteiger partial charge in [-0.25, -0.2) is 14.4 Å². The number of hydrogen-bond acceptors (Lipinski definition) is 6. The first-order valence-electron chi connectivity index (χ1n) is 11.1. The Morgan fingerprint density at radius 3 is 2.06 bits per heavy atom. The molecular formula is C24H37N3O7. The lowest BCUT2D eigenvalue weighted by Crippen LogP contribution is -2.66. The van der Waals surface area contributed by atoms with Crippen LogP contribution in [-0.4, -0.2) is 64.3 Å². The summed E-state index contributed by atoms with van der Waals surface area (Å²) in [5.41, 5.74) is -2.98. The van der Waals surface area contributed by atoms with Crippen molar-refractivity contribution in [2.45, 2.75) is 77.7 Å². The van der Waals surface area contributed by atoms with E-state index < -0.39 is 40.7 Å². The van der Waals surface area contributed by atoms with Gasteiger partial charge >= 0.3 is 18.2 Å². The van der Waals surface area contributed by atoms with Crippen LogP contribution in [0.4, 0.5) is 9.59 Å². The molecule has 0 heterocycles. The van der Waals surface area contributed by atoms with E-state index in [0.29, 0.717) is 5.56 Å². The van der Waals surface area contributed by atoms with E-state index in [2.05, 4.69) is 10.6 Å². The van der Waals surface area contributed by atoms with Crippen molar-refractivity contribution in [3.63, 3.8) is 0 Å². The number of alkyl carbamates (subject to hydrolysis) is 2. The third-order valence-corrected chi connectivity index (χ3v) is 4.97. The van der Waals surface area contributed by atoms with Crippen LogP contribution < -0.4 is 10.6 Å². The molecule has 0 unspecified atom stereocenters. The number of ether oxygens (including phenoxy) is 2. The minimum absolute atomic E-state index is 0.0389. The summed E-state index contributed by atoms with van der Waals surface area (Å²) >= 11 is 0. The zero-order valence-corrected chi connectivity index (χ0v) is 21.1. The summed E-state index contributed by atoms with van der Waals surface area (Å²) in [5.74, 6) is -2.33. The molecule has 1 aromatic carbocycles. The van der Waals surface area contributed by atoms with Crippen LogP contribution in [-0.2, 0) is 25.7 Å². The standard InChI is InChI=1S/C24H37N3O7/c1-22(2,3)27(7)18(28)24(19(29)30,14-11-15-25-20(31)34-23(4,5)6)26-21(32)33-16-17-12-9-8-10-13-17/h8-10,12-13H,11,14-16H2,1-7H3,(H,25,31)(H,26,32)(H,29,30)/t24-/m0/s1. The van der Waals surface area contributed by atoms with Gasteiger partial charge in [-0.15, -0.1) is 0 Å². The zero-order valence-electron chi connectivity index (χ0n) is 21.1. The fourth-order valence-corrected chi connectivity index (χ4v) is 2.86. The molecule has 3 N–H and O–H groups in total. The number of carboxylic acids is 1. The first-order chi connectivity index (χ1) is 15.6. The van der Waals surface area contributed by atoms with Gasteiger partial charge in [-0.3, -0.25) is 10.1 Å². The third-order valence-electron chi connectivity index (χ3n) is 4.97. The summed E-state index contributed by atoms with van der Waals surface area (Å²) in [6, 6.07) is 8.86. The molecule has 1 atom stereocenters. The average Bonchev–Trinajstić information content (AvgIpc) is 2.72. The summed E-state index contributed by atoms with van der Waals surface area (Å²) in [6.45, 7) is 10.3. The highest BCUT2D eigenvalue weighted by molar-refractivity contribution is 6.09. The molecule has 0 aliphatic heterocycles. The lowest BCUT2D eigenvalue weighted by atomic mass is 9.89. The summed E-state index contributed by atoms with van der Waals surface area (Å²) in [6.07, 6.45) is -1.91. The summed E-state index contributed by atoms with van der Waals surface area (Å²) in [5, 5.41) is 14.9. The summed E-state index contributed by atoms with van der Waals surface area (Å²) in [7, 11) is 1.47. The number of carbonyl (C=O) groups is 4. The summed E-state index contributed by atoms with van der Waals surface area (Å²) in [4.78, 5) is 51.4. The molecule has 10 nitrogen and oxygen atoms in total. The predicted octanol–water partition coefficient (Wildman–Crippen LogP) is 3.30. The second-order valence-electron chi connectivity index (χ2n) is 9.96. The lowest BCUT2D eigenvalue weighted by molar-refractivity contribution is -0.157. The van der Waals surface area contributed by atoms with Crippen molar-refractivity contribution in [3.05, 3.63) is 35.9 Å². The highest BCUT2D eigenvalue weighted by Crippen LogP contribution is 2.23. The van der Waals surface area contributed by atoms with Gasteiger partial charge in [0.25, 0.3) is 5.91 Å². The number of nitrogens with zero attached hydrogens (tertiary/aromatic N) is 1. The maximum atomic E-state index is 13.3. The van der Waals surface area contributed by atoms with Crippen LogP contribution in [0, 0.1) is 0 Å². The summed E-state index contributed by atoms with van der Waals surface area (Å²) < 4.78 is 10.3. The van der Waals surface area contributed by atoms with Gasteiger partial charge in [-0.1, -0.05) is 30.3 Å². The highest BCUT2D eigenvalue weighted by atomic mass is 16.6. The average molecular weight is 480 g/mol. The van der Waals surface area contributed by atoms with Crippen LogP contribution in [0.3, 0.4) is 0 Å². The van der Waals surface area contributed by atoms with Gasteiger partial charge in [0.15, 0.2) is 0 Å². The molecule has 0 saturated carbocycles. The fraction of sp³-hybridized carbons (Fsp3) is 0.583. The number of amides is 3. The Bertz CT molecular complexity index is 860. The van der Waals surface area contributed by atoms with E-state index >= 15 is 0 Å². The van der Waals surface area contributed by atoms with Crippen LogP contribution in [0.1, 0.15) is 59.9 Å². The van der Waals surface area contributed by atoms with Crippen molar-refractivity contribution >= 4 is 24.1 Å². The molecular weight excluding hydrogens is 442 g/mol. The number of carbonyl (C=O) groups excluding carboxylic acids is 3. The van der Waals surface area contributed by atoms with Crippen LogP contribution in [0.25, 0.3) is 0 Å². The van der Waals surface area contributed by atoms with E-state index in [4.69, 9.17) is 9.47 Å². The topological polar surface area (TPSA) is 134 Å². The third kappa shape index (κ3) is 8.92. The van der Waals surface area contributed by atoms with Crippen molar-refractivity contribution in [3.8, 4) is 0 Å². The fourth-order valence-electron chi connectivity index (χ4n) is 2.86. The molecule has 190 valence electrons. The Hall–Kier alpha value is -3.30. The van der Waals surface area contributed by atoms with Gasteiger partial charge in [-0.05, 0) is 59.9 Å². The zero-order chi connectivity index (χ0) is 26.2. The van der Waals surface area contributed by atoms with Crippen LogP contribution in [0.5, 0.6) is 0 Å². The molecule has 0 bridgehead atoms. The van der Waals surface area contributed by atoms with E-state index in [1.165, 1.54) is 11.9 Å². The Balaban J connectivity index is 3.01. The molecule has 0 aliphatic rings. The minimum Gasteiger partial charge on any atom is -0.479 e. The lowest BCUT2D eigenvalue weighted by Gasteiger charge is -2.39. The van der Waals surface area contributed by atoms with Gasteiger partial charge in [0, 0.05) is 19.1 Å². The predicted molar refractivity (Wildman–Crippen MR) is 126 cm³/mol. The van der Waals surface area contributed by atoms with Crippen molar-refractivity contribution in [2.75, 3.05) is 13.6 Å². The van der Waals surface area contributed by atoms with E-state index in [1.807, 2.05) is 6.07 Å². The van der Waals surface area contributed by atoms with Crippen molar-refractivity contribution in [1.82, 2.24) is 15.5 Å². The number of rotatable bonds is 9. The molecule has 0 fully saturated rings. The van der Waals surface area contributed by atoms with Crippen LogP contribution >= 0.6 is 0 Å². The van der Waals surface area contributed by atoms with Gasteiger partial charge in [0.2, 0.25) is 5.54 Å². The van der Waals surface area contributed by atoms with Crippen LogP contribution in [0.15, 0.2) is 30.3 Å². The first-order valence-corrected chi connectivity index (χ1v) is 11.1. The number of benzene rings is 1. The van der Waals surface area contributed by atoms with E-state index in [9.17, 15) is 24.3 Å². The van der Waals surface area contributed by atoms with Gasteiger partial charge in [0.1, 0.15) is 12.2 Å². The largest absolute Gasteiger partial charge is 0.479 e. The Labute approximate surface area is 201 Å². The SMILES string of the molecule is CN(C(=O)[C@](CCCNC(=O)OC(C)(C)C)(NC(=O)OCc1ccccc1)C(=O)O)C(C)(C)C. The Kier molecular flexibility index (Phi) is 9.90. The molecule has 1 rings (SSSR count). The number of likely N-dealkylation sites (N-methyl/N-ethyl adjacent to an activating group) is 1. The number of carboxylic acid groups (broad SMARTS) is 1. The Morgan fingerprint density at radius 2 is 1.56 bits per heavy atom. The van der Waals surface area contributed by atoms with Crippen molar-refractivity contribution in [1.29, 1.82) is 0 Å². The van der Waals surface area contributed by atoms with Gasteiger partial charge < -0.3 is 24.8 Å². The van der Waals surface area contributed by atoms with E-state index in [0.717, 1.165) is 0 Å². The maximum absolute atomic E-state index is 13.3. The molecule has 0 aromatic heterocycles. The molecule has 0 aliphatic carbocycles. The monoisotopic (exact) mass is 479 g/mol.